The molecule has 0 aliphatic carbocycles. The summed E-state index contributed by atoms with van der Waals surface area (Å²) in [6.07, 6.45) is -8.77. The normalized spacial score (nSPS) is 17.6. The first-order valence-corrected chi connectivity index (χ1v) is 12.3. The zero-order chi connectivity index (χ0) is 27.9. The van der Waals surface area contributed by atoms with Crippen molar-refractivity contribution in [2.75, 3.05) is 29.5 Å². The van der Waals surface area contributed by atoms with E-state index >= 15 is 0 Å². The number of aromatic nitrogens is 4. The average Bonchev–Trinajstić information content (AvgIpc) is 3.47. The van der Waals surface area contributed by atoms with Gasteiger partial charge in [-0.15, -0.1) is 5.10 Å². The number of fused-ring (bicyclic) bond motifs is 2. The largest absolute Gasteiger partial charge is 0.416 e. The van der Waals surface area contributed by atoms with Gasteiger partial charge in [0.05, 0.1) is 44.0 Å². The number of ether oxygens (including phenoxy) is 1. The zero-order valence-corrected chi connectivity index (χ0v) is 20.9. The highest BCUT2D eigenvalue weighted by atomic mass is 19.4. The van der Waals surface area contributed by atoms with Gasteiger partial charge in [0.25, 0.3) is 5.95 Å². The number of aliphatic hydroxyl groups is 1. The Hall–Kier alpha value is -3.39. The van der Waals surface area contributed by atoms with Gasteiger partial charge < -0.3 is 19.6 Å². The van der Waals surface area contributed by atoms with E-state index in [0.717, 1.165) is 34.5 Å². The van der Waals surface area contributed by atoms with Gasteiger partial charge >= 0.3 is 12.4 Å². The summed E-state index contributed by atoms with van der Waals surface area (Å²) in [4.78, 5) is 4.82. The van der Waals surface area contributed by atoms with Crippen molar-refractivity contribution in [3.63, 3.8) is 0 Å². The number of alkyl halides is 6. The van der Waals surface area contributed by atoms with Crippen molar-refractivity contribution in [2.24, 2.45) is 7.05 Å². The lowest BCUT2D eigenvalue weighted by Gasteiger charge is -2.33. The first-order valence-electron chi connectivity index (χ1n) is 12.3. The average molecular weight is 557 g/mol. The number of nitrogens with zero attached hydrogens (tertiary/aromatic N) is 6. The highest BCUT2D eigenvalue weighted by molar-refractivity contribution is 5.62. The quantitative estimate of drug-likeness (QED) is 0.444. The molecule has 39 heavy (non-hydrogen) atoms. The van der Waals surface area contributed by atoms with Gasteiger partial charge in [0.1, 0.15) is 0 Å². The molecule has 1 aromatic heterocycles. The van der Waals surface area contributed by atoms with Crippen LogP contribution in [0.2, 0.25) is 0 Å². The second-order valence-corrected chi connectivity index (χ2v) is 9.66. The molecular weight excluding hydrogens is 530 g/mol. The highest BCUT2D eigenvalue weighted by Gasteiger charge is 2.38. The predicted molar refractivity (Wildman–Crippen MR) is 128 cm³/mol. The Labute approximate surface area is 219 Å². The predicted octanol–water partition coefficient (Wildman–Crippen LogP) is 4.62. The second-order valence-electron chi connectivity index (χ2n) is 9.66. The van der Waals surface area contributed by atoms with Gasteiger partial charge in [0, 0.05) is 25.3 Å². The molecule has 3 heterocycles. The van der Waals surface area contributed by atoms with Crippen molar-refractivity contribution in [3.05, 3.63) is 63.7 Å². The topological polar surface area (TPSA) is 79.5 Å². The van der Waals surface area contributed by atoms with E-state index in [1.807, 2.05) is 17.0 Å². The summed E-state index contributed by atoms with van der Waals surface area (Å²) < 4.78 is 87.1. The van der Waals surface area contributed by atoms with Crippen LogP contribution in [0, 0.1) is 0 Å². The lowest BCUT2D eigenvalue weighted by Crippen LogP contribution is -2.31. The molecule has 3 aromatic rings. The molecular formula is C25H26F6N6O2. The lowest BCUT2D eigenvalue weighted by atomic mass is 9.95. The van der Waals surface area contributed by atoms with Gasteiger partial charge in [-0.05, 0) is 70.6 Å². The number of β-amino-alcohol motifs (C(OH)–C–C–N with tert-alkyl or cyclic N) is 1. The molecule has 14 heteroatoms. The Morgan fingerprint density at radius 3 is 2.26 bits per heavy atom. The Balaban J connectivity index is 1.63. The molecule has 1 atom stereocenters. The molecule has 0 spiro atoms. The van der Waals surface area contributed by atoms with E-state index < -0.39 is 29.5 Å². The van der Waals surface area contributed by atoms with E-state index in [1.54, 1.807) is 4.90 Å². The van der Waals surface area contributed by atoms with E-state index in [4.69, 9.17) is 4.74 Å². The summed E-state index contributed by atoms with van der Waals surface area (Å²) in [7, 11) is 1.52. The molecule has 1 unspecified atom stereocenters. The van der Waals surface area contributed by atoms with Crippen LogP contribution in [0.5, 0.6) is 0 Å². The number of halogens is 6. The molecule has 0 bridgehead atoms. The maximum atomic E-state index is 13.6. The van der Waals surface area contributed by atoms with Gasteiger partial charge in [-0.1, -0.05) is 5.10 Å². The minimum atomic E-state index is -4.97. The molecule has 0 amide bonds. The van der Waals surface area contributed by atoms with E-state index in [0.29, 0.717) is 39.1 Å². The molecule has 0 saturated heterocycles. The maximum absolute atomic E-state index is 13.6. The first-order chi connectivity index (χ1) is 18.4. The van der Waals surface area contributed by atoms with E-state index in [2.05, 4.69) is 15.4 Å². The molecule has 0 fully saturated rings. The molecule has 2 aromatic carbocycles. The smallest absolute Gasteiger partial charge is 0.395 e. The van der Waals surface area contributed by atoms with Crippen LogP contribution in [0.15, 0.2) is 30.3 Å². The van der Waals surface area contributed by atoms with Gasteiger partial charge in [0.2, 0.25) is 0 Å². The van der Waals surface area contributed by atoms with Crippen LogP contribution in [-0.2, 0) is 43.9 Å². The Morgan fingerprint density at radius 1 is 1.00 bits per heavy atom. The lowest BCUT2D eigenvalue weighted by molar-refractivity contribution is -0.143. The summed E-state index contributed by atoms with van der Waals surface area (Å²) in [5, 5.41) is 21.9. The molecule has 0 radical (unpaired) electrons. The number of aryl methyl sites for hydroxylation is 1. The summed E-state index contributed by atoms with van der Waals surface area (Å²) in [5.74, 6) is 0.0757. The third kappa shape index (κ3) is 5.66. The van der Waals surface area contributed by atoms with Crippen molar-refractivity contribution in [1.29, 1.82) is 0 Å². The minimum Gasteiger partial charge on any atom is -0.395 e. The molecule has 5 rings (SSSR count). The van der Waals surface area contributed by atoms with Crippen LogP contribution in [0.1, 0.15) is 52.3 Å². The van der Waals surface area contributed by atoms with Crippen molar-refractivity contribution in [3.8, 4) is 0 Å². The Morgan fingerprint density at radius 2 is 1.67 bits per heavy atom. The van der Waals surface area contributed by atoms with E-state index in [-0.39, 0.29) is 30.7 Å². The SMILES string of the molecule is Cn1nnc(N(Cc2cc(C(F)(F)F)cc(C(F)(F)F)c2)C2CCCN(CCO)c3cc4c(cc32)COC4)n1. The monoisotopic (exact) mass is 556 g/mol. The Kier molecular flexibility index (Phi) is 7.18. The van der Waals surface area contributed by atoms with E-state index in [1.165, 1.54) is 11.8 Å². The highest BCUT2D eigenvalue weighted by Crippen LogP contribution is 2.42. The molecule has 2 aliphatic heterocycles. The van der Waals surface area contributed by atoms with Gasteiger partial charge in [-0.25, -0.2) is 0 Å². The van der Waals surface area contributed by atoms with Crippen LogP contribution in [0.25, 0.3) is 0 Å². The third-order valence-corrected chi connectivity index (χ3v) is 6.97. The fraction of sp³-hybridized carbons (Fsp3) is 0.480. The fourth-order valence-corrected chi connectivity index (χ4v) is 5.22. The van der Waals surface area contributed by atoms with Gasteiger partial charge in [-0.3, -0.25) is 0 Å². The van der Waals surface area contributed by atoms with Crippen LogP contribution < -0.4 is 9.80 Å². The summed E-state index contributed by atoms with van der Waals surface area (Å²) in [6, 6.07) is 5.03. The van der Waals surface area contributed by atoms with Crippen molar-refractivity contribution < 1.29 is 36.2 Å². The van der Waals surface area contributed by atoms with Crippen LogP contribution in [-0.4, -0.2) is 45.0 Å². The van der Waals surface area contributed by atoms with Crippen LogP contribution in [0.4, 0.5) is 38.0 Å². The van der Waals surface area contributed by atoms with Crippen molar-refractivity contribution in [1.82, 2.24) is 20.2 Å². The molecule has 8 nitrogen and oxygen atoms in total. The van der Waals surface area contributed by atoms with Gasteiger partial charge in [-0.2, -0.15) is 31.1 Å². The number of hydrogen-bond acceptors (Lipinski definition) is 7. The third-order valence-electron chi connectivity index (χ3n) is 6.97. The summed E-state index contributed by atoms with van der Waals surface area (Å²) in [5.41, 5.74) is 0.622. The molecule has 210 valence electrons. The number of anilines is 2. The Bertz CT molecular complexity index is 1310. The number of rotatable bonds is 6. The number of hydrogen-bond donors (Lipinski definition) is 1. The number of aliphatic hydroxyl groups excluding tert-OH is 1. The summed E-state index contributed by atoms with van der Waals surface area (Å²) >= 11 is 0. The molecule has 1 N–H and O–H groups in total. The first kappa shape index (κ1) is 27.2. The summed E-state index contributed by atoms with van der Waals surface area (Å²) in [6.45, 7) is 1.38. The fourth-order valence-electron chi connectivity index (χ4n) is 5.22. The van der Waals surface area contributed by atoms with Crippen LogP contribution >= 0.6 is 0 Å². The zero-order valence-electron chi connectivity index (χ0n) is 20.9. The number of tetrazole rings is 1. The standard InChI is InChI=1S/C25H26F6N6O2/c1-35-33-23(32-34-35)37(12-15-7-18(24(26,27)28)11-19(8-15)25(29,30)31)21-3-2-4-36(5-6-38)22-10-17-14-39-13-16(17)9-20(21)22/h7-11,21,38H,2-6,12-14H2,1H3. The van der Waals surface area contributed by atoms with E-state index in [9.17, 15) is 31.4 Å². The molecule has 0 saturated carbocycles. The second kappa shape index (κ2) is 10.3. The number of benzene rings is 2. The van der Waals surface area contributed by atoms with Crippen molar-refractivity contribution in [2.45, 2.75) is 51.0 Å². The van der Waals surface area contributed by atoms with Crippen molar-refractivity contribution >= 4 is 11.6 Å². The molecule has 2 aliphatic rings. The minimum absolute atomic E-state index is 0.0757. The van der Waals surface area contributed by atoms with Gasteiger partial charge in [0.15, 0.2) is 0 Å². The maximum Gasteiger partial charge on any atom is 0.416 e. The van der Waals surface area contributed by atoms with Crippen LogP contribution in [0.3, 0.4) is 0 Å².